The summed E-state index contributed by atoms with van der Waals surface area (Å²) in [7, 11) is 0. The molecule has 0 spiro atoms. The molecule has 1 amide bonds. The molecule has 0 saturated carbocycles. The number of nitrogens with one attached hydrogen (secondary N) is 1. The predicted molar refractivity (Wildman–Crippen MR) is 59.5 cm³/mol. The Morgan fingerprint density at radius 1 is 1.33 bits per heavy atom. The lowest BCUT2D eigenvalue weighted by Crippen LogP contribution is -2.29. The van der Waals surface area contributed by atoms with Gasteiger partial charge in [0, 0.05) is 5.69 Å². The van der Waals surface area contributed by atoms with Crippen molar-refractivity contribution in [1.82, 2.24) is 0 Å². The Balaban J connectivity index is 2.95. The minimum Gasteiger partial charge on any atom is -0.325 e. The van der Waals surface area contributed by atoms with Crippen molar-refractivity contribution < 1.29 is 18.0 Å². The minimum absolute atomic E-state index is 0.0122. The molecule has 0 unspecified atom stereocenters. The third-order valence-corrected chi connectivity index (χ3v) is 2.29. The third-order valence-electron chi connectivity index (χ3n) is 2.29. The molecular formula is C12H11F3N2O. The van der Waals surface area contributed by atoms with Crippen LogP contribution in [-0.2, 0) is 11.0 Å². The first-order valence-electron chi connectivity index (χ1n) is 5.07. The Kier molecular flexibility index (Phi) is 3.65. The first kappa shape index (κ1) is 14.0. The molecule has 0 saturated heterocycles. The fraction of sp³-hybridized carbons (Fsp3) is 0.333. The van der Waals surface area contributed by atoms with Crippen molar-refractivity contribution in [1.29, 1.82) is 5.26 Å². The van der Waals surface area contributed by atoms with Crippen LogP contribution in [0.15, 0.2) is 24.3 Å². The van der Waals surface area contributed by atoms with Gasteiger partial charge in [-0.15, -0.1) is 0 Å². The highest BCUT2D eigenvalue weighted by molar-refractivity contribution is 5.96. The molecule has 0 heterocycles. The van der Waals surface area contributed by atoms with Gasteiger partial charge in [0.25, 0.3) is 0 Å². The van der Waals surface area contributed by atoms with Gasteiger partial charge in [-0.2, -0.15) is 18.4 Å². The summed E-state index contributed by atoms with van der Waals surface area (Å²) in [5, 5.41) is 11.0. The van der Waals surface area contributed by atoms with E-state index in [0.717, 1.165) is 12.1 Å². The molecule has 1 N–H and O–H groups in total. The number of carbonyl (C=O) groups excluding carboxylic acids is 1. The van der Waals surface area contributed by atoms with Crippen molar-refractivity contribution in [2.24, 2.45) is 5.41 Å². The predicted octanol–water partition coefficient (Wildman–Crippen LogP) is 3.19. The Morgan fingerprint density at radius 3 is 2.44 bits per heavy atom. The maximum absolute atomic E-state index is 12.4. The van der Waals surface area contributed by atoms with Crippen LogP contribution in [0.3, 0.4) is 0 Å². The van der Waals surface area contributed by atoms with Crippen molar-refractivity contribution in [3.63, 3.8) is 0 Å². The van der Waals surface area contributed by atoms with E-state index < -0.39 is 23.1 Å². The summed E-state index contributed by atoms with van der Waals surface area (Å²) >= 11 is 0. The van der Waals surface area contributed by atoms with Crippen LogP contribution in [0.4, 0.5) is 18.9 Å². The van der Waals surface area contributed by atoms with Crippen molar-refractivity contribution in [3.05, 3.63) is 29.8 Å². The molecule has 1 aromatic rings. The number of hydrogen-bond donors (Lipinski definition) is 1. The summed E-state index contributed by atoms with van der Waals surface area (Å²) in [4.78, 5) is 11.6. The molecular weight excluding hydrogens is 245 g/mol. The van der Waals surface area contributed by atoms with E-state index in [2.05, 4.69) is 5.32 Å². The van der Waals surface area contributed by atoms with Crippen molar-refractivity contribution in [2.45, 2.75) is 20.0 Å². The second-order valence-corrected chi connectivity index (χ2v) is 4.27. The van der Waals surface area contributed by atoms with Gasteiger partial charge in [0.2, 0.25) is 5.91 Å². The second-order valence-electron chi connectivity index (χ2n) is 4.27. The number of rotatable bonds is 2. The van der Waals surface area contributed by atoms with Crippen LogP contribution in [0.1, 0.15) is 19.4 Å². The second kappa shape index (κ2) is 4.69. The lowest BCUT2D eigenvalue weighted by molar-refractivity contribution is -0.137. The van der Waals surface area contributed by atoms with Crippen LogP contribution >= 0.6 is 0 Å². The van der Waals surface area contributed by atoms with Crippen molar-refractivity contribution >= 4 is 11.6 Å². The number of anilines is 1. The van der Waals surface area contributed by atoms with E-state index in [4.69, 9.17) is 5.26 Å². The van der Waals surface area contributed by atoms with E-state index in [1.165, 1.54) is 26.0 Å². The van der Waals surface area contributed by atoms with Gasteiger partial charge >= 0.3 is 6.18 Å². The number of alkyl halides is 3. The summed E-state index contributed by atoms with van der Waals surface area (Å²) in [5.74, 6) is -0.649. The van der Waals surface area contributed by atoms with E-state index in [1.54, 1.807) is 6.07 Å². The zero-order valence-corrected chi connectivity index (χ0v) is 9.80. The maximum atomic E-state index is 12.4. The number of amides is 1. The van der Waals surface area contributed by atoms with Gasteiger partial charge in [0.05, 0.1) is 11.6 Å². The number of nitriles is 1. The van der Waals surface area contributed by atoms with Crippen LogP contribution in [0, 0.1) is 16.7 Å². The van der Waals surface area contributed by atoms with E-state index in [0.29, 0.717) is 0 Å². The Labute approximate surface area is 102 Å². The number of hydrogen-bond acceptors (Lipinski definition) is 2. The average molecular weight is 256 g/mol. The summed E-state index contributed by atoms with van der Waals surface area (Å²) < 4.78 is 37.3. The standard InChI is InChI=1S/C12H11F3N2O/c1-11(2,7-16)10(18)17-9-5-3-4-8(6-9)12(13,14)15/h3-6H,1-2H3,(H,17,18). The molecule has 3 nitrogen and oxygen atoms in total. The Hall–Kier alpha value is -2.03. The molecule has 6 heteroatoms. The first-order valence-corrected chi connectivity index (χ1v) is 5.07. The number of benzene rings is 1. The molecule has 0 fully saturated rings. The zero-order chi connectivity index (χ0) is 14.0. The van der Waals surface area contributed by atoms with Crippen molar-refractivity contribution in [2.75, 3.05) is 5.32 Å². The van der Waals surface area contributed by atoms with Gasteiger partial charge in [0.1, 0.15) is 5.41 Å². The van der Waals surface area contributed by atoms with Crippen molar-refractivity contribution in [3.8, 4) is 6.07 Å². The third kappa shape index (κ3) is 3.23. The molecule has 96 valence electrons. The van der Waals surface area contributed by atoms with Crippen LogP contribution in [0.25, 0.3) is 0 Å². The highest BCUT2D eigenvalue weighted by Crippen LogP contribution is 2.31. The van der Waals surface area contributed by atoms with Gasteiger partial charge in [-0.25, -0.2) is 0 Å². The number of halogens is 3. The Bertz CT molecular complexity index is 501. The first-order chi connectivity index (χ1) is 8.16. The van der Waals surface area contributed by atoms with Gasteiger partial charge in [-0.05, 0) is 32.0 Å². The SMILES string of the molecule is CC(C)(C#N)C(=O)Nc1cccc(C(F)(F)F)c1. The molecule has 0 aliphatic carbocycles. The monoisotopic (exact) mass is 256 g/mol. The van der Waals surface area contributed by atoms with Crippen LogP contribution in [0.2, 0.25) is 0 Å². The lowest BCUT2D eigenvalue weighted by atomic mass is 9.94. The highest BCUT2D eigenvalue weighted by atomic mass is 19.4. The summed E-state index contributed by atoms with van der Waals surface area (Å²) in [5.41, 5.74) is -2.14. The zero-order valence-electron chi connectivity index (χ0n) is 9.80. The van der Waals surface area contributed by atoms with Crippen LogP contribution in [-0.4, -0.2) is 5.91 Å². The quantitative estimate of drug-likeness (QED) is 0.883. The average Bonchev–Trinajstić information content (AvgIpc) is 2.28. The van der Waals surface area contributed by atoms with E-state index in [-0.39, 0.29) is 5.69 Å². The largest absolute Gasteiger partial charge is 0.416 e. The molecule has 0 aliphatic rings. The van der Waals surface area contributed by atoms with Crippen LogP contribution < -0.4 is 5.32 Å². The van der Waals surface area contributed by atoms with E-state index in [9.17, 15) is 18.0 Å². The normalized spacial score (nSPS) is 11.8. The van der Waals surface area contributed by atoms with Gasteiger partial charge in [0.15, 0.2) is 0 Å². The summed E-state index contributed by atoms with van der Waals surface area (Å²) in [6.07, 6.45) is -4.47. The number of carbonyl (C=O) groups is 1. The van der Waals surface area contributed by atoms with Gasteiger partial charge in [-0.3, -0.25) is 4.79 Å². The molecule has 0 aliphatic heterocycles. The topological polar surface area (TPSA) is 52.9 Å². The Morgan fingerprint density at radius 2 is 1.94 bits per heavy atom. The smallest absolute Gasteiger partial charge is 0.325 e. The molecule has 0 radical (unpaired) electrons. The van der Waals surface area contributed by atoms with E-state index in [1.807, 2.05) is 0 Å². The molecule has 0 aromatic heterocycles. The van der Waals surface area contributed by atoms with Gasteiger partial charge in [-0.1, -0.05) is 6.07 Å². The fourth-order valence-corrected chi connectivity index (χ4v) is 1.11. The lowest BCUT2D eigenvalue weighted by Gasteiger charge is -2.15. The minimum atomic E-state index is -4.47. The molecule has 1 aromatic carbocycles. The fourth-order valence-electron chi connectivity index (χ4n) is 1.11. The number of nitrogens with zero attached hydrogens (tertiary/aromatic N) is 1. The molecule has 0 bridgehead atoms. The molecule has 0 atom stereocenters. The van der Waals surface area contributed by atoms with Gasteiger partial charge < -0.3 is 5.32 Å². The summed E-state index contributed by atoms with van der Waals surface area (Å²) in [6.45, 7) is 2.77. The molecule has 18 heavy (non-hydrogen) atoms. The molecule has 1 rings (SSSR count). The highest BCUT2D eigenvalue weighted by Gasteiger charge is 2.31. The maximum Gasteiger partial charge on any atom is 0.416 e. The summed E-state index contributed by atoms with van der Waals surface area (Å²) in [6, 6.07) is 6.03. The van der Waals surface area contributed by atoms with Crippen LogP contribution in [0.5, 0.6) is 0 Å². The van der Waals surface area contributed by atoms with E-state index >= 15 is 0 Å².